The van der Waals surface area contributed by atoms with Gasteiger partial charge in [0.1, 0.15) is 6.61 Å². The molecule has 0 fully saturated rings. The van der Waals surface area contributed by atoms with Gasteiger partial charge in [-0.3, -0.25) is 4.79 Å². The molecule has 0 saturated carbocycles. The predicted octanol–water partition coefficient (Wildman–Crippen LogP) is 6.81. The molecule has 206 valence electrons. The zero-order valence-electron chi connectivity index (χ0n) is 22.5. The fraction of sp³-hybridized carbons (Fsp3) is 0.118. The van der Waals surface area contributed by atoms with Gasteiger partial charge in [0, 0.05) is 0 Å². The van der Waals surface area contributed by atoms with Crippen LogP contribution in [0, 0.1) is 3.57 Å². The van der Waals surface area contributed by atoms with Crippen LogP contribution in [0.15, 0.2) is 120 Å². The monoisotopic (exact) mass is 656 g/mol. The molecule has 0 unspecified atom stereocenters. The summed E-state index contributed by atoms with van der Waals surface area (Å²) in [6, 6.07) is 35.7. The van der Waals surface area contributed by atoms with Crippen LogP contribution in [0.5, 0.6) is 11.5 Å². The minimum atomic E-state index is -1.91. The van der Waals surface area contributed by atoms with Crippen molar-refractivity contribution in [1.82, 2.24) is 5.43 Å². The first-order valence-corrected chi connectivity index (χ1v) is 14.3. The summed E-state index contributed by atoms with van der Waals surface area (Å²) in [5.41, 5.74) is 3.29. The Morgan fingerprint density at radius 2 is 1.51 bits per heavy atom. The second kappa shape index (κ2) is 13.0. The molecule has 1 amide bonds. The summed E-state index contributed by atoms with van der Waals surface area (Å²) in [6.07, 6.45) is 1.52. The van der Waals surface area contributed by atoms with Gasteiger partial charge in [0.25, 0.3) is 5.91 Å². The molecule has 5 rings (SSSR count). The average molecular weight is 657 g/mol. The first kappa shape index (κ1) is 28.3. The van der Waals surface area contributed by atoms with Crippen molar-refractivity contribution < 1.29 is 19.4 Å². The van der Waals surface area contributed by atoms with E-state index in [4.69, 9.17) is 9.47 Å². The van der Waals surface area contributed by atoms with Crippen molar-refractivity contribution >= 4 is 45.5 Å². The second-order valence-corrected chi connectivity index (χ2v) is 10.5. The molecule has 2 N–H and O–H groups in total. The van der Waals surface area contributed by atoms with Gasteiger partial charge in [0.2, 0.25) is 0 Å². The number of hydrazone groups is 1. The van der Waals surface area contributed by atoms with Crippen molar-refractivity contribution in [3.63, 3.8) is 0 Å². The largest absolute Gasteiger partial charge is 0.490 e. The number of hydrogen-bond donors (Lipinski definition) is 2. The molecule has 0 atom stereocenters. The Balaban J connectivity index is 1.36. The van der Waals surface area contributed by atoms with E-state index >= 15 is 0 Å². The number of aliphatic hydroxyl groups is 1. The zero-order chi connectivity index (χ0) is 28.7. The molecule has 5 aromatic rings. The van der Waals surface area contributed by atoms with Crippen molar-refractivity contribution in [3.8, 4) is 11.5 Å². The zero-order valence-corrected chi connectivity index (χ0v) is 24.6. The lowest BCUT2D eigenvalue weighted by Gasteiger charge is -2.27. The number of benzene rings is 5. The Morgan fingerprint density at radius 3 is 2.20 bits per heavy atom. The van der Waals surface area contributed by atoms with E-state index in [0.717, 1.165) is 19.9 Å². The highest BCUT2D eigenvalue weighted by Gasteiger charge is 2.39. The van der Waals surface area contributed by atoms with Gasteiger partial charge >= 0.3 is 0 Å². The number of nitrogens with zero attached hydrogens (tertiary/aromatic N) is 1. The van der Waals surface area contributed by atoms with Gasteiger partial charge in [-0.05, 0) is 74.7 Å². The number of ether oxygens (including phenoxy) is 2. The van der Waals surface area contributed by atoms with E-state index in [1.807, 2.05) is 49.4 Å². The highest BCUT2D eigenvalue weighted by molar-refractivity contribution is 14.1. The van der Waals surface area contributed by atoms with E-state index in [-0.39, 0.29) is 0 Å². The first-order valence-electron chi connectivity index (χ1n) is 13.2. The summed E-state index contributed by atoms with van der Waals surface area (Å²) in [5, 5.41) is 18.1. The van der Waals surface area contributed by atoms with Gasteiger partial charge in [-0.15, -0.1) is 0 Å². The van der Waals surface area contributed by atoms with Crippen molar-refractivity contribution in [2.75, 3.05) is 6.61 Å². The molecular weight excluding hydrogens is 627 g/mol. The third kappa shape index (κ3) is 6.26. The molecule has 0 saturated heterocycles. The molecule has 0 spiro atoms. The Hall–Kier alpha value is -4.21. The minimum absolute atomic E-state index is 0.387. The number of carbonyl (C=O) groups excluding carboxylic acids is 1. The predicted molar refractivity (Wildman–Crippen MR) is 170 cm³/mol. The van der Waals surface area contributed by atoms with E-state index in [1.54, 1.807) is 48.5 Å². The molecule has 0 aliphatic carbocycles. The van der Waals surface area contributed by atoms with E-state index in [2.05, 4.69) is 57.4 Å². The third-order valence-corrected chi connectivity index (χ3v) is 7.48. The van der Waals surface area contributed by atoms with Gasteiger partial charge in [-0.1, -0.05) is 103 Å². The summed E-state index contributed by atoms with van der Waals surface area (Å²) in [4.78, 5) is 13.3. The van der Waals surface area contributed by atoms with Crippen molar-refractivity contribution in [2.45, 2.75) is 19.1 Å². The molecule has 0 aliphatic rings. The van der Waals surface area contributed by atoms with Crippen molar-refractivity contribution in [3.05, 3.63) is 141 Å². The van der Waals surface area contributed by atoms with Gasteiger partial charge < -0.3 is 14.6 Å². The van der Waals surface area contributed by atoms with Crippen LogP contribution in [0.4, 0.5) is 0 Å². The summed E-state index contributed by atoms with van der Waals surface area (Å²) < 4.78 is 13.0. The Kier molecular flexibility index (Phi) is 8.96. The molecule has 0 aliphatic heterocycles. The van der Waals surface area contributed by atoms with Crippen molar-refractivity contribution in [1.29, 1.82) is 0 Å². The quantitative estimate of drug-likeness (QED) is 0.0984. The fourth-order valence-electron chi connectivity index (χ4n) is 4.67. The lowest BCUT2D eigenvalue weighted by molar-refractivity contribution is -0.136. The first-order chi connectivity index (χ1) is 20.0. The lowest BCUT2D eigenvalue weighted by Crippen LogP contribution is -2.43. The maximum atomic E-state index is 13.3. The van der Waals surface area contributed by atoms with E-state index in [9.17, 15) is 9.90 Å². The van der Waals surface area contributed by atoms with E-state index < -0.39 is 11.5 Å². The standard InChI is InChI=1S/C34H29IN2O4/c1-2-40-31-21-24(20-30(35)32(31)41-23-26-14-11-13-25-12-9-10-19-29(25)26)22-36-37-33(38)34(39,27-15-5-3-6-16-27)28-17-7-4-8-18-28/h3-22,39H,2,23H2,1H3,(H,37,38)/b36-22-. The SMILES string of the molecule is CCOc1cc(/C=N\NC(=O)C(O)(c2ccccc2)c2ccccc2)cc(I)c1OCc1cccc2ccccc12. The third-order valence-electron chi connectivity index (χ3n) is 6.68. The van der Waals surface area contributed by atoms with Crippen LogP contribution < -0.4 is 14.9 Å². The average Bonchev–Trinajstić information content (AvgIpc) is 3.01. The normalized spacial score (nSPS) is 11.5. The maximum Gasteiger partial charge on any atom is 0.281 e. The number of amides is 1. The van der Waals surface area contributed by atoms with Crippen LogP contribution in [0.3, 0.4) is 0 Å². The second-order valence-electron chi connectivity index (χ2n) is 9.33. The van der Waals surface area contributed by atoms with Crippen LogP contribution in [0.1, 0.15) is 29.2 Å². The molecule has 7 heteroatoms. The fourth-order valence-corrected chi connectivity index (χ4v) is 5.45. The Morgan fingerprint density at radius 1 is 0.878 bits per heavy atom. The highest BCUT2D eigenvalue weighted by atomic mass is 127. The summed E-state index contributed by atoms with van der Waals surface area (Å²) in [7, 11) is 0. The van der Waals surface area contributed by atoms with Crippen LogP contribution in [-0.2, 0) is 17.0 Å². The maximum absolute atomic E-state index is 13.3. The summed E-state index contributed by atoms with van der Waals surface area (Å²) in [6.45, 7) is 2.76. The molecule has 0 heterocycles. The van der Waals surface area contributed by atoms with E-state index in [1.165, 1.54) is 6.21 Å². The van der Waals surface area contributed by atoms with Crippen LogP contribution in [-0.4, -0.2) is 23.8 Å². The molecule has 41 heavy (non-hydrogen) atoms. The number of rotatable bonds is 10. The number of halogens is 1. The van der Waals surface area contributed by atoms with Crippen LogP contribution in [0.2, 0.25) is 0 Å². The molecule has 0 radical (unpaired) electrons. The van der Waals surface area contributed by atoms with E-state index in [0.29, 0.717) is 41.4 Å². The molecule has 0 bridgehead atoms. The van der Waals surface area contributed by atoms with Gasteiger partial charge in [0.05, 0.1) is 16.4 Å². The topological polar surface area (TPSA) is 80.2 Å². The van der Waals surface area contributed by atoms with Gasteiger partial charge in [0.15, 0.2) is 17.1 Å². The number of carbonyl (C=O) groups is 1. The van der Waals surface area contributed by atoms with Crippen LogP contribution in [0.25, 0.3) is 10.8 Å². The Labute approximate surface area is 252 Å². The highest BCUT2D eigenvalue weighted by Crippen LogP contribution is 2.35. The number of nitrogens with one attached hydrogen (secondary N) is 1. The molecular formula is C34H29IN2O4. The van der Waals surface area contributed by atoms with Gasteiger partial charge in [-0.25, -0.2) is 5.43 Å². The summed E-state index contributed by atoms with van der Waals surface area (Å²) in [5.74, 6) is 0.558. The van der Waals surface area contributed by atoms with Gasteiger partial charge in [-0.2, -0.15) is 5.10 Å². The lowest BCUT2D eigenvalue weighted by atomic mass is 9.85. The Bertz CT molecular complexity index is 1630. The van der Waals surface area contributed by atoms with Crippen LogP contribution >= 0.6 is 22.6 Å². The minimum Gasteiger partial charge on any atom is -0.490 e. The molecule has 0 aromatic heterocycles. The number of fused-ring (bicyclic) bond motifs is 1. The number of hydrogen-bond acceptors (Lipinski definition) is 5. The summed E-state index contributed by atoms with van der Waals surface area (Å²) >= 11 is 2.21. The van der Waals surface area contributed by atoms with Crippen molar-refractivity contribution in [2.24, 2.45) is 5.10 Å². The smallest absolute Gasteiger partial charge is 0.281 e. The molecule has 5 aromatic carbocycles. The molecule has 6 nitrogen and oxygen atoms in total.